The molecule has 6 heteroatoms. The van der Waals surface area contributed by atoms with Crippen molar-refractivity contribution in [1.29, 1.82) is 0 Å². The summed E-state index contributed by atoms with van der Waals surface area (Å²) in [4.78, 5) is 23.6. The molecule has 24 heavy (non-hydrogen) atoms. The predicted molar refractivity (Wildman–Crippen MR) is 96.9 cm³/mol. The van der Waals surface area contributed by atoms with E-state index in [2.05, 4.69) is 10.6 Å². The summed E-state index contributed by atoms with van der Waals surface area (Å²) in [5.74, 6) is -0.777. The molecule has 0 radical (unpaired) electrons. The van der Waals surface area contributed by atoms with Crippen LogP contribution in [-0.2, 0) is 9.59 Å². The quantitative estimate of drug-likeness (QED) is 0.837. The zero-order valence-corrected chi connectivity index (χ0v) is 14.4. The first-order valence-electron chi connectivity index (χ1n) is 7.45. The van der Waals surface area contributed by atoms with E-state index in [0.29, 0.717) is 0 Å². The molecule has 2 rings (SSSR count). The van der Waals surface area contributed by atoms with Gasteiger partial charge in [-0.3, -0.25) is 9.59 Å². The van der Waals surface area contributed by atoms with Crippen LogP contribution in [0.1, 0.15) is 11.1 Å². The van der Waals surface area contributed by atoms with Crippen molar-refractivity contribution in [2.75, 3.05) is 22.1 Å². The number of aryl methyl sites for hydroxylation is 2. The number of hydrogen-bond donors (Lipinski definition) is 2. The molecule has 0 saturated heterocycles. The number of thioether (sulfide) groups is 1. The van der Waals surface area contributed by atoms with Crippen molar-refractivity contribution in [3.05, 3.63) is 59.4 Å². The first-order valence-corrected chi connectivity index (χ1v) is 8.60. The molecule has 0 saturated carbocycles. The number of para-hydroxylation sites is 1. The fourth-order valence-electron chi connectivity index (χ4n) is 2.00. The van der Waals surface area contributed by atoms with Crippen LogP contribution in [0.15, 0.2) is 42.5 Å². The van der Waals surface area contributed by atoms with E-state index >= 15 is 0 Å². The lowest BCUT2D eigenvalue weighted by molar-refractivity contribution is -0.114. The molecule has 0 atom stereocenters. The molecule has 2 amide bonds. The van der Waals surface area contributed by atoms with Crippen LogP contribution in [-0.4, -0.2) is 23.3 Å². The lowest BCUT2D eigenvalue weighted by Crippen LogP contribution is -2.19. The Bertz CT molecular complexity index is 750. The van der Waals surface area contributed by atoms with Crippen molar-refractivity contribution in [3.8, 4) is 0 Å². The van der Waals surface area contributed by atoms with Crippen LogP contribution in [0.3, 0.4) is 0 Å². The van der Waals surface area contributed by atoms with E-state index < -0.39 is 5.82 Å². The van der Waals surface area contributed by atoms with Crippen molar-refractivity contribution in [2.45, 2.75) is 13.8 Å². The highest BCUT2D eigenvalue weighted by Gasteiger charge is 2.09. The van der Waals surface area contributed by atoms with Crippen molar-refractivity contribution in [1.82, 2.24) is 0 Å². The number of nitrogens with one attached hydrogen (secondary N) is 2. The standard InChI is InChI=1S/C18H19FN2O2S/c1-12-7-8-14(9-13(12)2)20-17(22)10-24-11-18(23)21-16-6-4-3-5-15(16)19/h3-9H,10-11H2,1-2H3,(H,20,22)(H,21,23). The molecule has 2 aromatic rings. The van der Waals surface area contributed by atoms with Crippen LogP contribution in [0.25, 0.3) is 0 Å². The predicted octanol–water partition coefficient (Wildman–Crippen LogP) is 3.75. The maximum absolute atomic E-state index is 13.4. The van der Waals surface area contributed by atoms with Gasteiger partial charge in [-0.25, -0.2) is 4.39 Å². The summed E-state index contributed by atoms with van der Waals surface area (Å²) in [5.41, 5.74) is 3.14. The maximum Gasteiger partial charge on any atom is 0.234 e. The van der Waals surface area contributed by atoms with Crippen LogP contribution in [0.2, 0.25) is 0 Å². The second-order valence-corrected chi connectivity index (χ2v) is 6.35. The summed E-state index contributed by atoms with van der Waals surface area (Å²) in [6, 6.07) is 11.7. The topological polar surface area (TPSA) is 58.2 Å². The van der Waals surface area contributed by atoms with Gasteiger partial charge in [0.1, 0.15) is 5.82 Å². The molecule has 0 spiro atoms. The van der Waals surface area contributed by atoms with Gasteiger partial charge in [0.2, 0.25) is 11.8 Å². The minimum absolute atomic E-state index is 0.0781. The molecule has 4 nitrogen and oxygen atoms in total. The molecule has 0 bridgehead atoms. The van der Waals surface area contributed by atoms with Gasteiger partial charge in [-0.05, 0) is 49.2 Å². The molecule has 0 heterocycles. The van der Waals surface area contributed by atoms with E-state index in [0.717, 1.165) is 16.8 Å². The Hall–Kier alpha value is -2.34. The third-order valence-electron chi connectivity index (χ3n) is 3.40. The zero-order valence-electron chi connectivity index (χ0n) is 13.6. The van der Waals surface area contributed by atoms with E-state index in [1.54, 1.807) is 12.1 Å². The molecule has 0 aromatic heterocycles. The van der Waals surface area contributed by atoms with Crippen molar-refractivity contribution in [3.63, 3.8) is 0 Å². The normalized spacial score (nSPS) is 10.3. The summed E-state index contributed by atoms with van der Waals surface area (Å²) in [6.07, 6.45) is 0. The largest absolute Gasteiger partial charge is 0.325 e. The molecule has 0 aliphatic carbocycles. The Balaban J connectivity index is 1.75. The molecular formula is C18H19FN2O2S. The number of halogens is 1. The van der Waals surface area contributed by atoms with Gasteiger partial charge in [0.05, 0.1) is 17.2 Å². The average Bonchev–Trinajstić information content (AvgIpc) is 2.53. The summed E-state index contributed by atoms with van der Waals surface area (Å²) < 4.78 is 13.4. The Morgan fingerprint density at radius 3 is 2.29 bits per heavy atom. The van der Waals surface area contributed by atoms with Crippen LogP contribution in [0, 0.1) is 19.7 Å². The highest BCUT2D eigenvalue weighted by molar-refractivity contribution is 8.00. The van der Waals surface area contributed by atoms with Crippen molar-refractivity contribution < 1.29 is 14.0 Å². The van der Waals surface area contributed by atoms with Gasteiger partial charge in [-0.1, -0.05) is 18.2 Å². The van der Waals surface area contributed by atoms with Gasteiger partial charge in [-0.15, -0.1) is 11.8 Å². The number of anilines is 2. The third-order valence-corrected chi connectivity index (χ3v) is 4.34. The van der Waals surface area contributed by atoms with Gasteiger partial charge in [0.25, 0.3) is 0 Å². The van der Waals surface area contributed by atoms with Crippen LogP contribution in [0.4, 0.5) is 15.8 Å². The van der Waals surface area contributed by atoms with Crippen molar-refractivity contribution in [2.24, 2.45) is 0 Å². The number of carbonyl (C=O) groups is 2. The van der Waals surface area contributed by atoms with Gasteiger partial charge >= 0.3 is 0 Å². The number of rotatable bonds is 6. The molecule has 0 aliphatic heterocycles. The van der Waals surface area contributed by atoms with Crippen LogP contribution in [0.5, 0.6) is 0 Å². The molecule has 0 fully saturated rings. The average molecular weight is 346 g/mol. The smallest absolute Gasteiger partial charge is 0.234 e. The Morgan fingerprint density at radius 2 is 1.62 bits per heavy atom. The van der Waals surface area contributed by atoms with Crippen molar-refractivity contribution >= 4 is 35.0 Å². The number of hydrogen-bond acceptors (Lipinski definition) is 3. The van der Waals surface area contributed by atoms with E-state index in [4.69, 9.17) is 0 Å². The molecule has 126 valence electrons. The van der Waals surface area contributed by atoms with E-state index in [9.17, 15) is 14.0 Å². The highest BCUT2D eigenvalue weighted by Crippen LogP contribution is 2.15. The number of benzene rings is 2. The molecule has 0 aliphatic rings. The molecule has 2 aromatic carbocycles. The summed E-state index contributed by atoms with van der Waals surface area (Å²) in [6.45, 7) is 3.98. The molecular weight excluding hydrogens is 327 g/mol. The second-order valence-electron chi connectivity index (χ2n) is 5.37. The van der Waals surface area contributed by atoms with Gasteiger partial charge in [-0.2, -0.15) is 0 Å². The Morgan fingerprint density at radius 1 is 0.958 bits per heavy atom. The lowest BCUT2D eigenvalue weighted by atomic mass is 10.1. The van der Waals surface area contributed by atoms with Crippen LogP contribution >= 0.6 is 11.8 Å². The van der Waals surface area contributed by atoms with E-state index in [1.165, 1.54) is 23.9 Å². The number of carbonyl (C=O) groups excluding carboxylic acids is 2. The monoisotopic (exact) mass is 346 g/mol. The molecule has 0 unspecified atom stereocenters. The van der Waals surface area contributed by atoms with Gasteiger partial charge in [0.15, 0.2) is 0 Å². The minimum Gasteiger partial charge on any atom is -0.325 e. The lowest BCUT2D eigenvalue weighted by Gasteiger charge is -2.08. The molecule has 2 N–H and O–H groups in total. The SMILES string of the molecule is Cc1ccc(NC(=O)CSCC(=O)Nc2ccccc2F)cc1C. The maximum atomic E-state index is 13.4. The number of amides is 2. The summed E-state index contributed by atoms with van der Waals surface area (Å²) in [7, 11) is 0. The first kappa shape index (κ1) is 18.0. The highest BCUT2D eigenvalue weighted by atomic mass is 32.2. The van der Waals surface area contributed by atoms with E-state index in [1.807, 2.05) is 32.0 Å². The van der Waals surface area contributed by atoms with Crippen LogP contribution < -0.4 is 10.6 Å². The first-order chi connectivity index (χ1) is 11.5. The Labute approximate surface area is 144 Å². The van der Waals surface area contributed by atoms with Gasteiger partial charge in [0, 0.05) is 5.69 Å². The fourth-order valence-corrected chi connectivity index (χ4v) is 2.62. The minimum atomic E-state index is -0.483. The summed E-state index contributed by atoms with van der Waals surface area (Å²) >= 11 is 1.17. The van der Waals surface area contributed by atoms with E-state index in [-0.39, 0.29) is 29.0 Å². The second kappa shape index (κ2) is 8.49. The third kappa shape index (κ3) is 5.38. The van der Waals surface area contributed by atoms with Gasteiger partial charge < -0.3 is 10.6 Å². The summed E-state index contributed by atoms with van der Waals surface area (Å²) in [5, 5.41) is 5.27. The zero-order chi connectivity index (χ0) is 17.5. The Kier molecular flexibility index (Phi) is 6.37. The fraction of sp³-hybridized carbons (Fsp3) is 0.222.